The summed E-state index contributed by atoms with van der Waals surface area (Å²) in [5.74, 6) is -1.61. The van der Waals surface area contributed by atoms with Gasteiger partial charge in [-0.15, -0.1) is 0 Å². The molecule has 1 aliphatic heterocycles. The van der Waals surface area contributed by atoms with Gasteiger partial charge in [0.2, 0.25) is 5.91 Å². The number of ether oxygens (including phenoxy) is 1. The number of amides is 2. The Labute approximate surface area is 168 Å². The van der Waals surface area contributed by atoms with Crippen LogP contribution in [0.4, 0.5) is 8.78 Å². The van der Waals surface area contributed by atoms with Crippen molar-refractivity contribution in [2.45, 2.75) is 32.2 Å². The molecule has 2 aromatic rings. The quantitative estimate of drug-likeness (QED) is 0.765. The van der Waals surface area contributed by atoms with Crippen LogP contribution < -0.4 is 10.1 Å². The van der Waals surface area contributed by atoms with Crippen LogP contribution in [-0.2, 0) is 4.79 Å². The molecule has 0 aromatic heterocycles. The van der Waals surface area contributed by atoms with E-state index in [4.69, 9.17) is 4.74 Å². The fraction of sp³-hybridized carbons (Fsp3) is 0.364. The first kappa shape index (κ1) is 20.8. The number of hydrogen-bond acceptors (Lipinski definition) is 3. The van der Waals surface area contributed by atoms with Crippen LogP contribution in [0.25, 0.3) is 0 Å². The number of halogens is 2. The van der Waals surface area contributed by atoms with Gasteiger partial charge in [-0.1, -0.05) is 12.1 Å². The van der Waals surface area contributed by atoms with E-state index in [-0.39, 0.29) is 30.5 Å². The van der Waals surface area contributed by atoms with Crippen molar-refractivity contribution in [1.82, 2.24) is 10.2 Å². The first-order valence-electron chi connectivity index (χ1n) is 9.75. The van der Waals surface area contributed by atoms with Crippen LogP contribution in [0.15, 0.2) is 42.5 Å². The molecule has 1 heterocycles. The van der Waals surface area contributed by atoms with Crippen molar-refractivity contribution in [2.75, 3.05) is 19.7 Å². The maximum Gasteiger partial charge on any atom is 0.254 e. The van der Waals surface area contributed by atoms with E-state index in [1.165, 1.54) is 0 Å². The van der Waals surface area contributed by atoms with Crippen LogP contribution in [0.2, 0.25) is 0 Å². The molecule has 0 saturated carbocycles. The molecular weight excluding hydrogens is 378 g/mol. The SMILES string of the molecule is CCOc1ccc(C2CCCN2C(=O)CCNC(=O)c2ccc(F)cc2F)cc1. The van der Waals surface area contributed by atoms with Crippen molar-refractivity contribution in [1.29, 1.82) is 0 Å². The number of nitrogens with one attached hydrogen (secondary N) is 1. The molecular formula is C22H24F2N2O3. The van der Waals surface area contributed by atoms with Crippen LogP contribution in [0.1, 0.15) is 48.1 Å². The number of likely N-dealkylation sites (tertiary alicyclic amines) is 1. The lowest BCUT2D eigenvalue weighted by Gasteiger charge is -2.25. The highest BCUT2D eigenvalue weighted by Crippen LogP contribution is 2.33. The van der Waals surface area contributed by atoms with E-state index in [0.29, 0.717) is 19.2 Å². The monoisotopic (exact) mass is 402 g/mol. The molecule has 3 rings (SSSR count). The number of nitrogens with zero attached hydrogens (tertiary/aromatic N) is 1. The van der Waals surface area contributed by atoms with Crippen LogP contribution in [-0.4, -0.2) is 36.4 Å². The maximum atomic E-state index is 13.7. The van der Waals surface area contributed by atoms with Gasteiger partial charge >= 0.3 is 0 Å². The Kier molecular flexibility index (Phi) is 6.80. The minimum atomic E-state index is -0.927. The van der Waals surface area contributed by atoms with Crippen LogP contribution in [0, 0.1) is 11.6 Å². The molecule has 5 nitrogen and oxygen atoms in total. The van der Waals surface area contributed by atoms with Gasteiger partial charge in [-0.05, 0) is 49.6 Å². The summed E-state index contributed by atoms with van der Waals surface area (Å²) in [5, 5.41) is 2.52. The van der Waals surface area contributed by atoms with Gasteiger partial charge in [-0.2, -0.15) is 0 Å². The lowest BCUT2D eigenvalue weighted by molar-refractivity contribution is -0.132. The largest absolute Gasteiger partial charge is 0.494 e. The topological polar surface area (TPSA) is 58.6 Å². The Hall–Kier alpha value is -2.96. The molecule has 1 aliphatic rings. The van der Waals surface area contributed by atoms with E-state index in [9.17, 15) is 18.4 Å². The van der Waals surface area contributed by atoms with Crippen LogP contribution in [0.3, 0.4) is 0 Å². The standard InChI is InChI=1S/C22H24F2N2O3/c1-2-29-17-8-5-15(6-9-17)20-4-3-13-26(20)21(27)11-12-25-22(28)18-10-7-16(23)14-19(18)24/h5-10,14,20H,2-4,11-13H2,1H3,(H,25,28). The Balaban J connectivity index is 1.54. The molecule has 1 fully saturated rings. The average molecular weight is 402 g/mol. The van der Waals surface area contributed by atoms with Crippen molar-refractivity contribution in [3.63, 3.8) is 0 Å². The van der Waals surface area contributed by atoms with E-state index in [0.717, 1.165) is 36.3 Å². The maximum absolute atomic E-state index is 13.7. The first-order valence-corrected chi connectivity index (χ1v) is 9.75. The third kappa shape index (κ3) is 5.10. The molecule has 2 aromatic carbocycles. The Morgan fingerprint density at radius 2 is 1.93 bits per heavy atom. The normalized spacial score (nSPS) is 16.0. The Morgan fingerprint density at radius 1 is 1.17 bits per heavy atom. The molecule has 0 radical (unpaired) electrons. The second-order valence-electron chi connectivity index (χ2n) is 6.88. The highest BCUT2D eigenvalue weighted by molar-refractivity contribution is 5.94. The minimum Gasteiger partial charge on any atom is -0.494 e. The van der Waals surface area contributed by atoms with Gasteiger partial charge < -0.3 is 15.0 Å². The number of hydrogen-bond donors (Lipinski definition) is 1. The lowest BCUT2D eigenvalue weighted by Crippen LogP contribution is -2.34. The van der Waals surface area contributed by atoms with Gasteiger partial charge in [0.25, 0.3) is 5.91 Å². The summed E-state index contributed by atoms with van der Waals surface area (Å²) in [7, 11) is 0. The summed E-state index contributed by atoms with van der Waals surface area (Å²) in [5.41, 5.74) is 0.809. The lowest BCUT2D eigenvalue weighted by atomic mass is 10.0. The average Bonchev–Trinajstić information content (AvgIpc) is 3.18. The van der Waals surface area contributed by atoms with E-state index >= 15 is 0 Å². The molecule has 29 heavy (non-hydrogen) atoms. The van der Waals surface area contributed by atoms with Crippen molar-refractivity contribution in [2.24, 2.45) is 0 Å². The highest BCUT2D eigenvalue weighted by atomic mass is 19.1. The zero-order chi connectivity index (χ0) is 20.8. The Morgan fingerprint density at radius 3 is 2.62 bits per heavy atom. The molecule has 1 unspecified atom stereocenters. The van der Waals surface area contributed by atoms with Gasteiger partial charge in [0, 0.05) is 25.6 Å². The molecule has 154 valence electrons. The molecule has 0 aliphatic carbocycles. The summed E-state index contributed by atoms with van der Waals surface area (Å²) in [6, 6.07) is 10.5. The van der Waals surface area contributed by atoms with E-state index in [2.05, 4.69) is 5.32 Å². The van der Waals surface area contributed by atoms with E-state index < -0.39 is 17.5 Å². The number of carbonyl (C=O) groups is 2. The molecule has 2 amide bonds. The van der Waals surface area contributed by atoms with E-state index in [1.54, 1.807) is 0 Å². The van der Waals surface area contributed by atoms with Crippen molar-refractivity contribution in [3.05, 3.63) is 65.2 Å². The van der Waals surface area contributed by atoms with Gasteiger partial charge in [-0.25, -0.2) is 8.78 Å². The summed E-state index contributed by atoms with van der Waals surface area (Å²) in [6.07, 6.45) is 1.91. The zero-order valence-electron chi connectivity index (χ0n) is 16.3. The molecule has 0 bridgehead atoms. The fourth-order valence-electron chi connectivity index (χ4n) is 3.56. The molecule has 1 atom stereocenters. The van der Waals surface area contributed by atoms with Crippen molar-refractivity contribution in [3.8, 4) is 5.75 Å². The predicted octanol–water partition coefficient (Wildman–Crippen LogP) is 3.85. The highest BCUT2D eigenvalue weighted by Gasteiger charge is 2.29. The van der Waals surface area contributed by atoms with Gasteiger partial charge in [0.15, 0.2) is 0 Å². The molecule has 1 saturated heterocycles. The fourth-order valence-corrected chi connectivity index (χ4v) is 3.56. The smallest absolute Gasteiger partial charge is 0.254 e. The molecule has 0 spiro atoms. The Bertz CT molecular complexity index is 871. The third-order valence-corrected chi connectivity index (χ3v) is 4.95. The second-order valence-corrected chi connectivity index (χ2v) is 6.88. The minimum absolute atomic E-state index is 0.00317. The van der Waals surface area contributed by atoms with Crippen molar-refractivity contribution >= 4 is 11.8 Å². The number of carbonyl (C=O) groups excluding carboxylic acids is 2. The van der Waals surface area contributed by atoms with Gasteiger partial charge in [0.05, 0.1) is 18.2 Å². The zero-order valence-corrected chi connectivity index (χ0v) is 16.3. The third-order valence-electron chi connectivity index (χ3n) is 4.95. The van der Waals surface area contributed by atoms with Gasteiger partial charge in [-0.3, -0.25) is 9.59 Å². The number of rotatable bonds is 7. The van der Waals surface area contributed by atoms with E-state index in [1.807, 2.05) is 36.1 Å². The predicted molar refractivity (Wildman–Crippen MR) is 105 cm³/mol. The van der Waals surface area contributed by atoms with Crippen molar-refractivity contribution < 1.29 is 23.1 Å². The van der Waals surface area contributed by atoms with Crippen LogP contribution >= 0.6 is 0 Å². The summed E-state index contributed by atoms with van der Waals surface area (Å²) < 4.78 is 32.1. The van der Waals surface area contributed by atoms with Gasteiger partial charge in [0.1, 0.15) is 17.4 Å². The summed E-state index contributed by atoms with van der Waals surface area (Å²) in [6.45, 7) is 3.27. The number of benzene rings is 2. The second kappa shape index (κ2) is 9.49. The summed E-state index contributed by atoms with van der Waals surface area (Å²) in [4.78, 5) is 26.5. The van der Waals surface area contributed by atoms with Crippen LogP contribution in [0.5, 0.6) is 5.75 Å². The summed E-state index contributed by atoms with van der Waals surface area (Å²) >= 11 is 0. The first-order chi connectivity index (χ1) is 14.0. The molecule has 7 heteroatoms. The molecule has 1 N–H and O–H groups in total.